The average Bonchev–Trinajstić information content (AvgIpc) is 1.98. The lowest BCUT2D eigenvalue weighted by Crippen LogP contribution is -2.02. The lowest BCUT2D eigenvalue weighted by molar-refractivity contribution is -0.114. The van der Waals surface area contributed by atoms with Crippen molar-refractivity contribution in [3.05, 3.63) is 12.2 Å². The first-order valence-corrected chi connectivity index (χ1v) is 4.54. The van der Waals surface area contributed by atoms with Crippen LogP contribution in [0.3, 0.4) is 0 Å². The maximum atomic E-state index is 11.0. The van der Waals surface area contributed by atoms with Gasteiger partial charge in [-0.25, -0.2) is 0 Å². The van der Waals surface area contributed by atoms with Crippen molar-refractivity contribution in [2.75, 3.05) is 0 Å². The topological polar surface area (TPSA) is 17.1 Å². The van der Waals surface area contributed by atoms with E-state index in [1.165, 1.54) is 19.3 Å². The number of allylic oxidation sites excluding steroid dienone is 2. The molecule has 1 nitrogen and oxygen atoms in total. The minimum atomic E-state index is 0.308. The van der Waals surface area contributed by atoms with Crippen LogP contribution in [0.15, 0.2) is 12.2 Å². The number of hydrogen-bond donors (Lipinski definition) is 0. The van der Waals surface area contributed by atoms with Gasteiger partial charge in [-0.05, 0) is 31.3 Å². The van der Waals surface area contributed by atoms with E-state index in [2.05, 4.69) is 13.0 Å². The van der Waals surface area contributed by atoms with Crippen molar-refractivity contribution < 1.29 is 4.79 Å². The highest BCUT2D eigenvalue weighted by Crippen LogP contribution is 2.17. The van der Waals surface area contributed by atoms with E-state index in [-0.39, 0.29) is 0 Å². The summed E-state index contributed by atoms with van der Waals surface area (Å²) in [4.78, 5) is 11.0. The highest BCUT2D eigenvalue weighted by Gasteiger charge is 2.06. The minimum absolute atomic E-state index is 0.308. The van der Waals surface area contributed by atoms with Gasteiger partial charge in [-0.3, -0.25) is 4.79 Å². The van der Waals surface area contributed by atoms with Gasteiger partial charge in [0.25, 0.3) is 0 Å². The highest BCUT2D eigenvalue weighted by atomic mass is 16.1. The fourth-order valence-corrected chi connectivity index (χ4v) is 1.47. The first kappa shape index (κ1) is 8.51. The Morgan fingerprint density at radius 2 is 2.36 bits per heavy atom. The molecule has 0 N–H and O–H groups in total. The number of hydrogen-bond acceptors (Lipinski definition) is 1. The Morgan fingerprint density at radius 3 is 3.09 bits per heavy atom. The van der Waals surface area contributed by atoms with Crippen molar-refractivity contribution in [2.24, 2.45) is 5.92 Å². The third-order valence-electron chi connectivity index (χ3n) is 2.33. The third kappa shape index (κ3) is 2.87. The second kappa shape index (κ2) is 4.32. The predicted octanol–water partition coefficient (Wildman–Crippen LogP) is 2.71. The van der Waals surface area contributed by atoms with Crippen LogP contribution in [-0.4, -0.2) is 5.78 Å². The van der Waals surface area contributed by atoms with E-state index in [1.807, 2.05) is 0 Å². The molecule has 0 radical (unpaired) electrons. The molecule has 11 heavy (non-hydrogen) atoms. The molecule has 1 aliphatic carbocycles. The molecule has 0 saturated heterocycles. The van der Waals surface area contributed by atoms with Crippen LogP contribution in [-0.2, 0) is 4.79 Å². The first-order chi connectivity index (χ1) is 5.33. The molecule has 0 heterocycles. The molecule has 0 fully saturated rings. The molecule has 1 heteroatoms. The molecule has 0 saturated carbocycles. The van der Waals surface area contributed by atoms with Crippen LogP contribution in [0.1, 0.15) is 39.0 Å². The van der Waals surface area contributed by atoms with Crippen molar-refractivity contribution in [1.82, 2.24) is 0 Å². The monoisotopic (exact) mass is 152 g/mol. The van der Waals surface area contributed by atoms with Crippen molar-refractivity contribution in [3.8, 4) is 0 Å². The summed E-state index contributed by atoms with van der Waals surface area (Å²) >= 11 is 0. The van der Waals surface area contributed by atoms with E-state index in [9.17, 15) is 4.79 Å². The number of carbonyl (C=O) groups excluding carboxylic acids is 1. The molecule has 0 aliphatic heterocycles. The standard InChI is InChI=1S/C10H16O/c1-2-9-5-3-4-6-10(11)8-7-9/h7-9H,2-6H2,1H3/b8-7-/t9-/m0/s1. The molecule has 0 aromatic rings. The van der Waals surface area contributed by atoms with Crippen molar-refractivity contribution in [2.45, 2.75) is 39.0 Å². The second-order valence-electron chi connectivity index (χ2n) is 3.24. The Labute approximate surface area is 68.5 Å². The quantitative estimate of drug-likeness (QED) is 0.564. The SMILES string of the molecule is CC[C@@H]1/C=C\C(=O)CCCC1. The molecule has 1 aliphatic rings. The molecule has 0 spiro atoms. The summed E-state index contributed by atoms with van der Waals surface area (Å²) in [5.41, 5.74) is 0. The zero-order valence-electron chi connectivity index (χ0n) is 7.18. The Balaban J connectivity index is 2.50. The summed E-state index contributed by atoms with van der Waals surface area (Å²) in [7, 11) is 0. The highest BCUT2D eigenvalue weighted by molar-refractivity contribution is 5.89. The molecule has 0 unspecified atom stereocenters. The smallest absolute Gasteiger partial charge is 0.155 e. The van der Waals surface area contributed by atoms with Gasteiger partial charge in [-0.15, -0.1) is 0 Å². The summed E-state index contributed by atoms with van der Waals surface area (Å²) < 4.78 is 0. The van der Waals surface area contributed by atoms with Gasteiger partial charge in [0.1, 0.15) is 0 Å². The van der Waals surface area contributed by atoms with Gasteiger partial charge in [-0.2, -0.15) is 0 Å². The molecule has 0 amide bonds. The Hall–Kier alpha value is -0.590. The Bertz CT molecular complexity index is 158. The summed E-state index contributed by atoms with van der Waals surface area (Å²) in [6.45, 7) is 2.18. The van der Waals surface area contributed by atoms with Gasteiger partial charge >= 0.3 is 0 Å². The lowest BCUT2D eigenvalue weighted by Gasteiger charge is -2.11. The summed E-state index contributed by atoms with van der Waals surface area (Å²) in [5, 5.41) is 0. The van der Waals surface area contributed by atoms with Gasteiger partial charge in [0, 0.05) is 6.42 Å². The fourth-order valence-electron chi connectivity index (χ4n) is 1.47. The molecule has 0 aromatic carbocycles. The summed E-state index contributed by atoms with van der Waals surface area (Å²) in [6.07, 6.45) is 9.35. The third-order valence-corrected chi connectivity index (χ3v) is 2.33. The van der Waals surface area contributed by atoms with Gasteiger partial charge in [-0.1, -0.05) is 19.4 Å². The second-order valence-corrected chi connectivity index (χ2v) is 3.24. The molecule has 1 atom stereocenters. The van der Waals surface area contributed by atoms with Crippen LogP contribution in [0.5, 0.6) is 0 Å². The lowest BCUT2D eigenvalue weighted by atomic mass is 9.94. The Morgan fingerprint density at radius 1 is 1.55 bits per heavy atom. The van der Waals surface area contributed by atoms with Gasteiger partial charge in [0.15, 0.2) is 5.78 Å². The maximum Gasteiger partial charge on any atom is 0.155 e. The maximum absolute atomic E-state index is 11.0. The zero-order valence-corrected chi connectivity index (χ0v) is 7.18. The Kier molecular flexibility index (Phi) is 3.34. The first-order valence-electron chi connectivity index (χ1n) is 4.54. The van der Waals surface area contributed by atoms with E-state index in [0.29, 0.717) is 11.7 Å². The largest absolute Gasteiger partial charge is 0.295 e. The van der Waals surface area contributed by atoms with E-state index in [1.54, 1.807) is 6.08 Å². The normalized spacial score (nSPS) is 29.2. The number of carbonyl (C=O) groups is 1. The summed E-state index contributed by atoms with van der Waals surface area (Å²) in [6, 6.07) is 0. The van der Waals surface area contributed by atoms with Gasteiger partial charge in [0.2, 0.25) is 0 Å². The van der Waals surface area contributed by atoms with Crippen LogP contribution < -0.4 is 0 Å². The van der Waals surface area contributed by atoms with Crippen LogP contribution in [0.25, 0.3) is 0 Å². The van der Waals surface area contributed by atoms with Crippen LogP contribution in [0, 0.1) is 5.92 Å². The van der Waals surface area contributed by atoms with Crippen LogP contribution in [0.2, 0.25) is 0 Å². The molecule has 1 rings (SSSR count). The van der Waals surface area contributed by atoms with Crippen LogP contribution >= 0.6 is 0 Å². The van der Waals surface area contributed by atoms with Crippen molar-refractivity contribution in [1.29, 1.82) is 0 Å². The number of rotatable bonds is 1. The van der Waals surface area contributed by atoms with Gasteiger partial charge in [0.05, 0.1) is 0 Å². The average molecular weight is 152 g/mol. The minimum Gasteiger partial charge on any atom is -0.295 e. The number of ketones is 1. The van der Waals surface area contributed by atoms with E-state index >= 15 is 0 Å². The van der Waals surface area contributed by atoms with Gasteiger partial charge < -0.3 is 0 Å². The molecular weight excluding hydrogens is 136 g/mol. The predicted molar refractivity (Wildman–Crippen MR) is 46.4 cm³/mol. The summed E-state index contributed by atoms with van der Waals surface area (Å²) in [5.74, 6) is 0.961. The molecule has 0 aromatic heterocycles. The van der Waals surface area contributed by atoms with E-state index < -0.39 is 0 Å². The van der Waals surface area contributed by atoms with Crippen molar-refractivity contribution in [3.63, 3.8) is 0 Å². The fraction of sp³-hybridized carbons (Fsp3) is 0.700. The van der Waals surface area contributed by atoms with E-state index in [4.69, 9.17) is 0 Å². The van der Waals surface area contributed by atoms with Crippen molar-refractivity contribution >= 4 is 5.78 Å². The molecule has 62 valence electrons. The van der Waals surface area contributed by atoms with Crippen LogP contribution in [0.4, 0.5) is 0 Å². The molecule has 0 bridgehead atoms. The molecular formula is C10H16O. The zero-order chi connectivity index (χ0) is 8.10. The van der Waals surface area contributed by atoms with E-state index in [0.717, 1.165) is 12.8 Å².